The van der Waals surface area contributed by atoms with Crippen molar-refractivity contribution in [3.8, 4) is 6.07 Å². The quantitative estimate of drug-likeness (QED) is 0.914. The molecule has 2 rings (SSSR count). The van der Waals surface area contributed by atoms with Crippen LogP contribution in [0.1, 0.15) is 29.9 Å². The number of nitrogens with one attached hydrogen (secondary N) is 1. The highest BCUT2D eigenvalue weighted by Crippen LogP contribution is 2.25. The van der Waals surface area contributed by atoms with Gasteiger partial charge in [-0.1, -0.05) is 6.07 Å². The van der Waals surface area contributed by atoms with Gasteiger partial charge < -0.3 is 9.73 Å². The van der Waals surface area contributed by atoms with Crippen LogP contribution in [0.2, 0.25) is 0 Å². The van der Waals surface area contributed by atoms with Gasteiger partial charge in [-0.05, 0) is 59.6 Å². The van der Waals surface area contributed by atoms with Gasteiger partial charge in [0.2, 0.25) is 0 Å². The molecule has 2 aromatic rings. The first-order valence-electron chi connectivity index (χ1n) is 5.62. The number of furan rings is 1. The van der Waals surface area contributed by atoms with Crippen molar-refractivity contribution in [2.24, 2.45) is 0 Å². The van der Waals surface area contributed by atoms with E-state index in [0.29, 0.717) is 10.2 Å². The minimum absolute atomic E-state index is 0.0453. The van der Waals surface area contributed by atoms with Crippen LogP contribution in [0, 0.1) is 18.3 Å². The largest absolute Gasteiger partial charge is 0.452 e. The smallest absolute Gasteiger partial charge is 0.169 e. The lowest BCUT2D eigenvalue weighted by molar-refractivity contribution is 0.471. The van der Waals surface area contributed by atoms with E-state index in [1.54, 1.807) is 0 Å². The Morgan fingerprint density at radius 1 is 1.33 bits per heavy atom. The van der Waals surface area contributed by atoms with Crippen molar-refractivity contribution < 1.29 is 4.42 Å². The van der Waals surface area contributed by atoms with Gasteiger partial charge in [-0.3, -0.25) is 0 Å². The first-order chi connectivity index (χ1) is 8.60. The molecule has 0 spiro atoms. The highest BCUT2D eigenvalue weighted by Gasteiger charge is 2.11. The molecular weight excluding hydrogens is 292 g/mol. The number of benzene rings is 1. The predicted octanol–water partition coefficient (Wildman–Crippen LogP) is 4.40. The van der Waals surface area contributed by atoms with Gasteiger partial charge in [-0.2, -0.15) is 5.26 Å². The van der Waals surface area contributed by atoms with Gasteiger partial charge in [0, 0.05) is 5.69 Å². The zero-order chi connectivity index (χ0) is 13.1. The van der Waals surface area contributed by atoms with Crippen LogP contribution in [0.5, 0.6) is 0 Å². The van der Waals surface area contributed by atoms with Crippen LogP contribution >= 0.6 is 15.9 Å². The van der Waals surface area contributed by atoms with Crippen LogP contribution in [-0.2, 0) is 0 Å². The average molecular weight is 305 g/mol. The molecule has 0 fully saturated rings. The maximum atomic E-state index is 8.90. The number of nitrogens with zero attached hydrogens (tertiary/aromatic N) is 1. The van der Waals surface area contributed by atoms with E-state index in [1.807, 2.05) is 44.2 Å². The Morgan fingerprint density at radius 3 is 2.72 bits per heavy atom. The molecule has 0 aliphatic rings. The molecule has 0 aliphatic heterocycles. The summed E-state index contributed by atoms with van der Waals surface area (Å²) in [6.45, 7) is 4.03. The fourth-order valence-corrected chi connectivity index (χ4v) is 2.03. The first kappa shape index (κ1) is 12.7. The predicted molar refractivity (Wildman–Crippen MR) is 74.3 cm³/mol. The van der Waals surface area contributed by atoms with E-state index in [9.17, 15) is 0 Å². The van der Waals surface area contributed by atoms with Gasteiger partial charge in [0.05, 0.1) is 17.7 Å². The van der Waals surface area contributed by atoms with Gasteiger partial charge in [0.25, 0.3) is 0 Å². The Labute approximate surface area is 115 Å². The highest BCUT2D eigenvalue weighted by atomic mass is 79.9. The molecule has 0 radical (unpaired) electrons. The molecule has 1 aromatic heterocycles. The number of nitriles is 1. The molecule has 0 aliphatic carbocycles. The highest BCUT2D eigenvalue weighted by molar-refractivity contribution is 9.10. The van der Waals surface area contributed by atoms with Crippen LogP contribution in [0.3, 0.4) is 0 Å². The van der Waals surface area contributed by atoms with Crippen LogP contribution in [0.15, 0.2) is 39.4 Å². The van der Waals surface area contributed by atoms with E-state index in [-0.39, 0.29) is 6.04 Å². The van der Waals surface area contributed by atoms with Crippen molar-refractivity contribution in [1.29, 1.82) is 5.26 Å². The summed E-state index contributed by atoms with van der Waals surface area (Å²) < 4.78 is 6.22. The topological polar surface area (TPSA) is 49.0 Å². The van der Waals surface area contributed by atoms with Crippen molar-refractivity contribution in [2.45, 2.75) is 19.9 Å². The summed E-state index contributed by atoms with van der Waals surface area (Å²) in [6.07, 6.45) is 0. The monoisotopic (exact) mass is 304 g/mol. The third-order valence-electron chi connectivity index (χ3n) is 2.76. The maximum Gasteiger partial charge on any atom is 0.169 e. The lowest BCUT2D eigenvalue weighted by Crippen LogP contribution is -2.06. The second-order valence-electron chi connectivity index (χ2n) is 4.15. The lowest BCUT2D eigenvalue weighted by atomic mass is 10.1. The number of anilines is 1. The van der Waals surface area contributed by atoms with E-state index in [2.05, 4.69) is 27.3 Å². The Morgan fingerprint density at radius 2 is 2.11 bits per heavy atom. The minimum Gasteiger partial charge on any atom is -0.452 e. The van der Waals surface area contributed by atoms with Crippen LogP contribution in [-0.4, -0.2) is 0 Å². The Bertz CT molecular complexity index is 598. The minimum atomic E-state index is 0.0453. The number of hydrogen-bond donors (Lipinski definition) is 1. The summed E-state index contributed by atoms with van der Waals surface area (Å²) in [5.41, 5.74) is 2.71. The zero-order valence-electron chi connectivity index (χ0n) is 10.2. The zero-order valence-corrected chi connectivity index (χ0v) is 11.8. The number of aryl methyl sites for hydroxylation is 1. The summed E-state index contributed by atoms with van der Waals surface area (Å²) in [6, 6.07) is 11.6. The fraction of sp³-hybridized carbons (Fsp3) is 0.214. The molecule has 1 N–H and O–H groups in total. The molecule has 3 nitrogen and oxygen atoms in total. The Hall–Kier alpha value is -1.73. The van der Waals surface area contributed by atoms with E-state index in [1.165, 1.54) is 0 Å². The second kappa shape index (κ2) is 5.28. The maximum absolute atomic E-state index is 8.90. The summed E-state index contributed by atoms with van der Waals surface area (Å²) in [4.78, 5) is 0. The molecule has 4 heteroatoms. The molecular formula is C14H13BrN2O. The first-order valence-corrected chi connectivity index (χ1v) is 6.42. The van der Waals surface area contributed by atoms with Crippen LogP contribution in [0.4, 0.5) is 5.69 Å². The van der Waals surface area contributed by atoms with E-state index >= 15 is 0 Å². The van der Waals surface area contributed by atoms with Crippen molar-refractivity contribution in [2.75, 3.05) is 5.32 Å². The normalized spacial score (nSPS) is 11.9. The average Bonchev–Trinajstić information content (AvgIpc) is 2.79. The summed E-state index contributed by atoms with van der Waals surface area (Å²) in [7, 11) is 0. The number of halogens is 1. The molecule has 0 bridgehead atoms. The van der Waals surface area contributed by atoms with Gasteiger partial charge in [-0.15, -0.1) is 0 Å². The third-order valence-corrected chi connectivity index (χ3v) is 3.19. The van der Waals surface area contributed by atoms with Crippen LogP contribution in [0.25, 0.3) is 0 Å². The Kier molecular flexibility index (Phi) is 3.73. The standard InChI is InChI=1S/C14H13BrN2O/c1-9-3-4-11(8-16)7-12(9)17-10(2)13-5-6-14(15)18-13/h3-7,10,17H,1-2H3. The van der Waals surface area contributed by atoms with Gasteiger partial charge in [0.1, 0.15) is 5.76 Å². The molecule has 0 saturated carbocycles. The lowest BCUT2D eigenvalue weighted by Gasteiger charge is -2.15. The Balaban J connectivity index is 2.21. The molecule has 1 unspecified atom stereocenters. The summed E-state index contributed by atoms with van der Waals surface area (Å²) >= 11 is 3.29. The molecule has 1 atom stereocenters. The summed E-state index contributed by atoms with van der Waals surface area (Å²) in [5.74, 6) is 0.851. The molecule has 0 amide bonds. The molecule has 1 aromatic carbocycles. The van der Waals surface area contributed by atoms with Gasteiger partial charge in [-0.25, -0.2) is 0 Å². The van der Waals surface area contributed by atoms with Gasteiger partial charge >= 0.3 is 0 Å². The van der Waals surface area contributed by atoms with Crippen molar-refractivity contribution >= 4 is 21.6 Å². The molecule has 0 saturated heterocycles. The van der Waals surface area contributed by atoms with Crippen molar-refractivity contribution in [1.82, 2.24) is 0 Å². The van der Waals surface area contributed by atoms with E-state index in [4.69, 9.17) is 9.68 Å². The van der Waals surface area contributed by atoms with Crippen LogP contribution < -0.4 is 5.32 Å². The SMILES string of the molecule is Cc1ccc(C#N)cc1NC(C)c1ccc(Br)o1. The third kappa shape index (κ3) is 2.74. The molecule has 1 heterocycles. The van der Waals surface area contributed by atoms with E-state index in [0.717, 1.165) is 17.0 Å². The molecule has 92 valence electrons. The number of rotatable bonds is 3. The van der Waals surface area contributed by atoms with Crippen molar-refractivity contribution in [3.63, 3.8) is 0 Å². The number of hydrogen-bond acceptors (Lipinski definition) is 3. The van der Waals surface area contributed by atoms with Crippen molar-refractivity contribution in [3.05, 3.63) is 51.9 Å². The second-order valence-corrected chi connectivity index (χ2v) is 4.93. The fourth-order valence-electron chi connectivity index (χ4n) is 1.71. The van der Waals surface area contributed by atoms with Gasteiger partial charge in [0.15, 0.2) is 4.67 Å². The van der Waals surface area contributed by atoms with E-state index < -0.39 is 0 Å². The summed E-state index contributed by atoms with van der Waals surface area (Å²) in [5, 5.41) is 12.3. The molecule has 18 heavy (non-hydrogen) atoms.